The van der Waals surface area contributed by atoms with Crippen LogP contribution in [-0.2, 0) is 6.61 Å². The molecule has 0 spiro atoms. The number of benzene rings is 3. The molecule has 0 unspecified atom stereocenters. The number of carbonyl (C=O) groups excluding carboxylic acids is 1. The average Bonchev–Trinajstić information content (AvgIpc) is 3.16. The minimum absolute atomic E-state index is 0.188. The Labute approximate surface area is 192 Å². The molecule has 1 heterocycles. The highest BCUT2D eigenvalue weighted by Gasteiger charge is 2.28. The summed E-state index contributed by atoms with van der Waals surface area (Å²) in [5.74, 6) is 2.45. The number of ketones is 1. The fourth-order valence-electron chi connectivity index (χ4n) is 3.55. The van der Waals surface area contributed by atoms with E-state index in [1.807, 2.05) is 24.3 Å². The highest BCUT2D eigenvalue weighted by atomic mass is 16.5. The van der Waals surface area contributed by atoms with Crippen LogP contribution in [0, 0.1) is 0 Å². The monoisotopic (exact) mass is 444 g/mol. The number of methoxy groups -OCH3 is 3. The van der Waals surface area contributed by atoms with E-state index >= 15 is 0 Å². The Kier molecular flexibility index (Phi) is 6.36. The molecule has 4 rings (SSSR count). The van der Waals surface area contributed by atoms with E-state index in [0.717, 1.165) is 11.1 Å². The van der Waals surface area contributed by atoms with Gasteiger partial charge >= 0.3 is 0 Å². The Balaban J connectivity index is 1.55. The van der Waals surface area contributed by atoms with E-state index in [1.165, 1.54) is 14.2 Å². The standard InChI is InChI=1S/C27H24O6/c1-5-17-6-8-18(9-7-17)16-32-20-11-12-21-23(15-20)33-24(25(21)28)14-19-10-13-22(29-2)27(31-4)26(19)30-3/h5-15H,1,16H2,2-4H3. The van der Waals surface area contributed by atoms with Crippen molar-refractivity contribution in [2.24, 2.45) is 0 Å². The van der Waals surface area contributed by atoms with Gasteiger partial charge in [0.1, 0.15) is 18.1 Å². The van der Waals surface area contributed by atoms with Crippen LogP contribution in [0.5, 0.6) is 28.7 Å². The normalized spacial score (nSPS) is 13.3. The number of Topliss-reactive ketones (excluding diaryl/α,β-unsaturated/α-hetero) is 1. The average molecular weight is 444 g/mol. The Bertz CT molecular complexity index is 1220. The molecule has 0 bridgehead atoms. The molecule has 0 fully saturated rings. The van der Waals surface area contributed by atoms with Crippen LogP contribution in [0.3, 0.4) is 0 Å². The highest BCUT2D eigenvalue weighted by molar-refractivity contribution is 6.14. The zero-order chi connectivity index (χ0) is 23.4. The summed E-state index contributed by atoms with van der Waals surface area (Å²) in [4.78, 5) is 12.9. The molecule has 3 aromatic rings. The lowest BCUT2D eigenvalue weighted by atomic mass is 10.1. The Morgan fingerprint density at radius 3 is 2.33 bits per heavy atom. The van der Waals surface area contributed by atoms with Crippen molar-refractivity contribution in [1.29, 1.82) is 0 Å². The van der Waals surface area contributed by atoms with Crippen LogP contribution in [0.2, 0.25) is 0 Å². The third kappa shape index (κ3) is 4.41. The number of carbonyl (C=O) groups is 1. The van der Waals surface area contributed by atoms with Crippen LogP contribution in [0.15, 0.2) is 66.9 Å². The molecule has 0 N–H and O–H groups in total. The number of hydrogen-bond donors (Lipinski definition) is 0. The van der Waals surface area contributed by atoms with Crippen LogP contribution in [0.1, 0.15) is 27.0 Å². The van der Waals surface area contributed by atoms with E-state index in [2.05, 4.69) is 6.58 Å². The van der Waals surface area contributed by atoms with Gasteiger partial charge in [-0.1, -0.05) is 36.9 Å². The summed E-state index contributed by atoms with van der Waals surface area (Å²) < 4.78 is 28.0. The molecular formula is C27H24O6. The van der Waals surface area contributed by atoms with Gasteiger partial charge in [-0.3, -0.25) is 4.79 Å². The Hall–Kier alpha value is -4.19. The van der Waals surface area contributed by atoms with E-state index in [0.29, 0.717) is 46.5 Å². The molecule has 0 saturated heterocycles. The molecule has 6 heteroatoms. The minimum atomic E-state index is -0.214. The molecule has 0 atom stereocenters. The van der Waals surface area contributed by atoms with Crippen LogP contribution < -0.4 is 23.7 Å². The summed E-state index contributed by atoms with van der Waals surface area (Å²) in [6.07, 6.45) is 3.42. The molecule has 168 valence electrons. The summed E-state index contributed by atoms with van der Waals surface area (Å²) in [5, 5.41) is 0. The van der Waals surface area contributed by atoms with Gasteiger partial charge in [0.05, 0.1) is 26.9 Å². The number of allylic oxidation sites excluding steroid dienone is 1. The van der Waals surface area contributed by atoms with Crippen molar-refractivity contribution in [3.63, 3.8) is 0 Å². The summed E-state index contributed by atoms with van der Waals surface area (Å²) in [6.45, 7) is 4.15. The predicted octanol–water partition coefficient (Wildman–Crippen LogP) is 5.55. The zero-order valence-electron chi connectivity index (χ0n) is 18.7. The van der Waals surface area contributed by atoms with E-state index in [1.54, 1.807) is 49.6 Å². The van der Waals surface area contributed by atoms with Gasteiger partial charge in [0.25, 0.3) is 0 Å². The van der Waals surface area contributed by atoms with Crippen molar-refractivity contribution < 1.29 is 28.5 Å². The second-order valence-electron chi connectivity index (χ2n) is 7.26. The van der Waals surface area contributed by atoms with Gasteiger partial charge in [-0.05, 0) is 41.5 Å². The zero-order valence-corrected chi connectivity index (χ0v) is 18.7. The maximum atomic E-state index is 12.9. The maximum absolute atomic E-state index is 12.9. The summed E-state index contributed by atoms with van der Waals surface area (Å²) in [6, 6.07) is 16.7. The van der Waals surface area contributed by atoms with Crippen molar-refractivity contribution >= 4 is 17.9 Å². The molecule has 1 aliphatic rings. The second-order valence-corrected chi connectivity index (χ2v) is 7.26. The molecule has 3 aromatic carbocycles. The highest BCUT2D eigenvalue weighted by Crippen LogP contribution is 2.42. The van der Waals surface area contributed by atoms with Crippen LogP contribution in [0.4, 0.5) is 0 Å². The van der Waals surface area contributed by atoms with Gasteiger partial charge in [-0.2, -0.15) is 0 Å². The van der Waals surface area contributed by atoms with Crippen molar-refractivity contribution in [3.05, 3.63) is 89.2 Å². The molecular weight excluding hydrogens is 420 g/mol. The van der Waals surface area contributed by atoms with E-state index in [9.17, 15) is 4.79 Å². The lowest BCUT2D eigenvalue weighted by Gasteiger charge is -2.14. The number of ether oxygens (including phenoxy) is 5. The van der Waals surface area contributed by atoms with Crippen molar-refractivity contribution in [2.75, 3.05) is 21.3 Å². The van der Waals surface area contributed by atoms with Gasteiger partial charge in [0.2, 0.25) is 11.5 Å². The quantitative estimate of drug-likeness (QED) is 0.425. The summed E-state index contributed by atoms with van der Waals surface area (Å²) in [7, 11) is 4.60. The third-order valence-electron chi connectivity index (χ3n) is 5.28. The largest absolute Gasteiger partial charge is 0.493 e. The summed E-state index contributed by atoms with van der Waals surface area (Å²) in [5.41, 5.74) is 3.18. The second kappa shape index (κ2) is 9.53. The van der Waals surface area contributed by atoms with E-state index < -0.39 is 0 Å². The third-order valence-corrected chi connectivity index (χ3v) is 5.28. The first-order valence-electron chi connectivity index (χ1n) is 10.3. The van der Waals surface area contributed by atoms with Crippen molar-refractivity contribution in [2.45, 2.75) is 6.61 Å². The fourth-order valence-corrected chi connectivity index (χ4v) is 3.55. The first-order chi connectivity index (χ1) is 16.1. The molecule has 6 nitrogen and oxygen atoms in total. The fraction of sp³-hybridized carbons (Fsp3) is 0.148. The van der Waals surface area contributed by atoms with E-state index in [-0.39, 0.29) is 11.5 Å². The summed E-state index contributed by atoms with van der Waals surface area (Å²) >= 11 is 0. The molecule has 1 aliphatic heterocycles. The Morgan fingerprint density at radius 2 is 1.67 bits per heavy atom. The minimum Gasteiger partial charge on any atom is -0.493 e. The van der Waals surface area contributed by atoms with Gasteiger partial charge in [0.15, 0.2) is 17.3 Å². The number of fused-ring (bicyclic) bond motifs is 1. The topological polar surface area (TPSA) is 63.2 Å². The first kappa shape index (κ1) is 22.0. The molecule has 0 saturated carbocycles. The van der Waals surface area contributed by atoms with Gasteiger partial charge in [0, 0.05) is 11.6 Å². The molecule has 0 aliphatic carbocycles. The molecule has 0 aromatic heterocycles. The molecule has 0 radical (unpaired) electrons. The van der Waals surface area contributed by atoms with Gasteiger partial charge in [-0.15, -0.1) is 0 Å². The smallest absolute Gasteiger partial charge is 0.231 e. The van der Waals surface area contributed by atoms with Crippen LogP contribution in [0.25, 0.3) is 12.2 Å². The van der Waals surface area contributed by atoms with Gasteiger partial charge in [-0.25, -0.2) is 0 Å². The lowest BCUT2D eigenvalue weighted by molar-refractivity contribution is 0.101. The van der Waals surface area contributed by atoms with Gasteiger partial charge < -0.3 is 23.7 Å². The number of hydrogen-bond acceptors (Lipinski definition) is 6. The molecule has 0 amide bonds. The first-order valence-corrected chi connectivity index (χ1v) is 10.3. The number of rotatable bonds is 8. The van der Waals surface area contributed by atoms with Crippen LogP contribution in [-0.4, -0.2) is 27.1 Å². The van der Waals surface area contributed by atoms with E-state index in [4.69, 9.17) is 23.7 Å². The maximum Gasteiger partial charge on any atom is 0.231 e. The van der Waals surface area contributed by atoms with Crippen LogP contribution >= 0.6 is 0 Å². The SMILES string of the molecule is C=Cc1ccc(COc2ccc3c(c2)OC(=Cc2ccc(OC)c(OC)c2OC)C3=O)cc1. The Morgan fingerprint density at radius 1 is 0.909 bits per heavy atom. The van der Waals surface area contributed by atoms with Crippen molar-refractivity contribution in [1.82, 2.24) is 0 Å². The molecule has 33 heavy (non-hydrogen) atoms. The predicted molar refractivity (Wildman–Crippen MR) is 126 cm³/mol. The van der Waals surface area contributed by atoms with Crippen molar-refractivity contribution in [3.8, 4) is 28.7 Å². The lowest BCUT2D eigenvalue weighted by Crippen LogP contribution is -2.00.